The maximum atomic E-state index is 12.2. The third-order valence-corrected chi connectivity index (χ3v) is 3.09. The number of rotatable bonds is 5. The van der Waals surface area contributed by atoms with E-state index in [2.05, 4.69) is 0 Å². The predicted molar refractivity (Wildman–Crippen MR) is 82.8 cm³/mol. The fourth-order valence-corrected chi connectivity index (χ4v) is 1.89. The Labute approximate surface area is 123 Å². The van der Waals surface area contributed by atoms with Gasteiger partial charge >= 0.3 is 0 Å². The van der Waals surface area contributed by atoms with Crippen LogP contribution >= 0.6 is 0 Å². The molecule has 2 N–H and O–H groups in total. The summed E-state index contributed by atoms with van der Waals surface area (Å²) in [7, 11) is 3.25. The number of carbonyl (C=O) groups is 1. The monoisotopic (exact) mass is 286 g/mol. The first-order valence-electron chi connectivity index (χ1n) is 6.50. The zero-order chi connectivity index (χ0) is 15.2. The average molecular weight is 286 g/mol. The summed E-state index contributed by atoms with van der Waals surface area (Å²) in [5.74, 6) is 0.939. The van der Waals surface area contributed by atoms with Gasteiger partial charge in [0, 0.05) is 7.05 Å². The van der Waals surface area contributed by atoms with Crippen molar-refractivity contribution in [2.75, 3.05) is 31.4 Å². The molecule has 0 saturated carbocycles. The highest BCUT2D eigenvalue weighted by atomic mass is 16.5. The van der Waals surface area contributed by atoms with Gasteiger partial charge in [0.05, 0.1) is 18.5 Å². The van der Waals surface area contributed by atoms with Gasteiger partial charge < -0.3 is 20.1 Å². The molecule has 0 unspecified atom stereocenters. The standard InChI is InChI=1S/C16H18N2O3/c1-18(13-8-4-6-10-15(13)20-2)16(19)11-21-14-9-5-3-7-12(14)17/h3-10H,11,17H2,1-2H3. The molecule has 1 amide bonds. The minimum Gasteiger partial charge on any atom is -0.495 e. The first-order valence-corrected chi connectivity index (χ1v) is 6.50. The van der Waals surface area contributed by atoms with Crippen molar-refractivity contribution in [1.29, 1.82) is 0 Å². The Morgan fingerprint density at radius 1 is 1.10 bits per heavy atom. The first kappa shape index (κ1) is 14.7. The third-order valence-electron chi connectivity index (χ3n) is 3.09. The van der Waals surface area contributed by atoms with Crippen LogP contribution in [0.1, 0.15) is 0 Å². The fourth-order valence-electron chi connectivity index (χ4n) is 1.89. The summed E-state index contributed by atoms with van der Waals surface area (Å²) in [6.45, 7) is -0.0945. The van der Waals surface area contributed by atoms with Crippen molar-refractivity contribution >= 4 is 17.3 Å². The second kappa shape index (κ2) is 6.65. The number of hydrogen-bond acceptors (Lipinski definition) is 4. The number of carbonyl (C=O) groups excluding carboxylic acids is 1. The minimum atomic E-state index is -0.192. The molecule has 0 fully saturated rings. The fraction of sp³-hybridized carbons (Fsp3) is 0.188. The largest absolute Gasteiger partial charge is 0.495 e. The molecular formula is C16H18N2O3. The molecule has 0 radical (unpaired) electrons. The number of anilines is 2. The molecule has 0 spiro atoms. The number of nitrogens with two attached hydrogens (primary N) is 1. The Kier molecular flexibility index (Phi) is 4.66. The van der Waals surface area contributed by atoms with E-state index in [-0.39, 0.29) is 12.5 Å². The summed E-state index contributed by atoms with van der Waals surface area (Å²) in [6, 6.07) is 14.4. The van der Waals surface area contributed by atoms with Gasteiger partial charge in [-0.15, -0.1) is 0 Å². The second-order valence-corrected chi connectivity index (χ2v) is 4.45. The highest BCUT2D eigenvalue weighted by Crippen LogP contribution is 2.27. The summed E-state index contributed by atoms with van der Waals surface area (Å²) in [5, 5.41) is 0. The Bertz CT molecular complexity index is 628. The topological polar surface area (TPSA) is 64.8 Å². The van der Waals surface area contributed by atoms with Crippen LogP contribution in [0.25, 0.3) is 0 Å². The lowest BCUT2D eigenvalue weighted by atomic mass is 10.2. The number of benzene rings is 2. The van der Waals surface area contributed by atoms with E-state index >= 15 is 0 Å². The van der Waals surface area contributed by atoms with Gasteiger partial charge in [-0.3, -0.25) is 4.79 Å². The maximum absolute atomic E-state index is 12.2. The quantitative estimate of drug-likeness (QED) is 0.857. The van der Waals surface area contributed by atoms with Gasteiger partial charge in [-0.05, 0) is 24.3 Å². The van der Waals surface area contributed by atoms with Crippen molar-refractivity contribution in [3.63, 3.8) is 0 Å². The Morgan fingerprint density at radius 2 is 1.71 bits per heavy atom. The van der Waals surface area contributed by atoms with Gasteiger partial charge in [-0.2, -0.15) is 0 Å². The maximum Gasteiger partial charge on any atom is 0.264 e. The lowest BCUT2D eigenvalue weighted by molar-refractivity contribution is -0.120. The second-order valence-electron chi connectivity index (χ2n) is 4.45. The van der Waals surface area contributed by atoms with Crippen molar-refractivity contribution in [2.24, 2.45) is 0 Å². The van der Waals surface area contributed by atoms with Gasteiger partial charge in [0.2, 0.25) is 0 Å². The van der Waals surface area contributed by atoms with Crippen LogP contribution in [-0.4, -0.2) is 26.7 Å². The highest BCUT2D eigenvalue weighted by Gasteiger charge is 2.15. The number of methoxy groups -OCH3 is 1. The molecule has 5 nitrogen and oxygen atoms in total. The first-order chi connectivity index (χ1) is 10.1. The van der Waals surface area contributed by atoms with Crippen molar-refractivity contribution in [2.45, 2.75) is 0 Å². The van der Waals surface area contributed by atoms with Crippen LogP contribution in [0.15, 0.2) is 48.5 Å². The molecule has 21 heavy (non-hydrogen) atoms. The molecule has 0 saturated heterocycles. The van der Waals surface area contributed by atoms with Crippen molar-refractivity contribution in [3.05, 3.63) is 48.5 Å². The SMILES string of the molecule is COc1ccccc1N(C)C(=O)COc1ccccc1N. The minimum absolute atomic E-state index is 0.0945. The molecule has 0 bridgehead atoms. The van der Waals surface area contributed by atoms with Gasteiger partial charge in [0.15, 0.2) is 6.61 Å². The molecule has 110 valence electrons. The van der Waals surface area contributed by atoms with Crippen molar-refractivity contribution in [3.8, 4) is 11.5 Å². The summed E-state index contributed by atoms with van der Waals surface area (Å²) in [6.07, 6.45) is 0. The number of ether oxygens (including phenoxy) is 2. The molecule has 0 aromatic heterocycles. The number of nitrogens with zero attached hydrogens (tertiary/aromatic N) is 1. The van der Waals surface area contributed by atoms with Gasteiger partial charge in [0.1, 0.15) is 11.5 Å². The molecule has 2 rings (SSSR count). The molecule has 2 aromatic carbocycles. The van der Waals surface area contributed by atoms with Gasteiger partial charge in [-0.25, -0.2) is 0 Å². The zero-order valence-corrected chi connectivity index (χ0v) is 12.1. The number of likely N-dealkylation sites (N-methyl/N-ethyl adjacent to an activating group) is 1. The van der Waals surface area contributed by atoms with E-state index in [0.29, 0.717) is 22.9 Å². The Balaban J connectivity index is 2.05. The molecule has 0 aliphatic heterocycles. The molecule has 0 heterocycles. The summed E-state index contributed by atoms with van der Waals surface area (Å²) < 4.78 is 10.7. The Morgan fingerprint density at radius 3 is 2.38 bits per heavy atom. The van der Waals surface area contributed by atoms with E-state index in [9.17, 15) is 4.79 Å². The highest BCUT2D eigenvalue weighted by molar-refractivity contribution is 5.95. The molecule has 5 heteroatoms. The molecular weight excluding hydrogens is 268 g/mol. The molecule has 2 aromatic rings. The van der Waals surface area contributed by atoms with E-state index in [1.54, 1.807) is 38.4 Å². The van der Waals surface area contributed by atoms with Crippen LogP contribution in [0.5, 0.6) is 11.5 Å². The summed E-state index contributed by atoms with van der Waals surface area (Å²) in [5.41, 5.74) is 6.96. The number of nitrogen functional groups attached to an aromatic ring is 1. The normalized spacial score (nSPS) is 10.0. The van der Waals surface area contributed by atoms with Gasteiger partial charge in [0.25, 0.3) is 5.91 Å². The van der Waals surface area contributed by atoms with Gasteiger partial charge in [-0.1, -0.05) is 24.3 Å². The van der Waals surface area contributed by atoms with Crippen LogP contribution in [0.2, 0.25) is 0 Å². The molecule has 0 aliphatic carbocycles. The lowest BCUT2D eigenvalue weighted by Gasteiger charge is -2.20. The van der Waals surface area contributed by atoms with Crippen LogP contribution in [0.4, 0.5) is 11.4 Å². The smallest absolute Gasteiger partial charge is 0.264 e. The van der Waals surface area contributed by atoms with Crippen LogP contribution < -0.4 is 20.1 Å². The van der Waals surface area contributed by atoms with Crippen molar-refractivity contribution in [1.82, 2.24) is 0 Å². The Hall–Kier alpha value is -2.69. The number of para-hydroxylation sites is 4. The van der Waals surface area contributed by atoms with Crippen LogP contribution in [0.3, 0.4) is 0 Å². The van der Waals surface area contributed by atoms with E-state index < -0.39 is 0 Å². The van der Waals surface area contributed by atoms with Crippen molar-refractivity contribution < 1.29 is 14.3 Å². The van der Waals surface area contributed by atoms with Crippen LogP contribution in [0, 0.1) is 0 Å². The van der Waals surface area contributed by atoms with E-state index in [4.69, 9.17) is 15.2 Å². The van der Waals surface area contributed by atoms with Crippen LogP contribution in [-0.2, 0) is 4.79 Å². The third kappa shape index (κ3) is 3.45. The lowest BCUT2D eigenvalue weighted by Crippen LogP contribution is -2.31. The van der Waals surface area contributed by atoms with E-state index in [1.165, 1.54) is 4.90 Å². The summed E-state index contributed by atoms with van der Waals surface area (Å²) in [4.78, 5) is 13.7. The average Bonchev–Trinajstić information content (AvgIpc) is 2.53. The number of amides is 1. The predicted octanol–water partition coefficient (Wildman–Crippen LogP) is 2.32. The number of hydrogen-bond donors (Lipinski definition) is 1. The molecule has 0 atom stereocenters. The molecule has 0 aliphatic rings. The zero-order valence-electron chi connectivity index (χ0n) is 12.1. The summed E-state index contributed by atoms with van der Waals surface area (Å²) >= 11 is 0. The van der Waals surface area contributed by atoms with E-state index in [1.807, 2.05) is 24.3 Å². The van der Waals surface area contributed by atoms with E-state index in [0.717, 1.165) is 0 Å².